The number of ether oxygens (including phenoxy) is 4. The second-order valence-corrected chi connectivity index (χ2v) is 5.56. The molecule has 0 amide bonds. The normalized spacial score (nSPS) is 17.1. The molecule has 7 nitrogen and oxygen atoms in total. The highest BCUT2D eigenvalue weighted by Crippen LogP contribution is 2.45. The summed E-state index contributed by atoms with van der Waals surface area (Å²) in [6, 6.07) is 4.98. The maximum absolute atomic E-state index is 12.3. The van der Waals surface area contributed by atoms with E-state index in [2.05, 4.69) is 0 Å². The lowest BCUT2D eigenvalue weighted by Crippen LogP contribution is -2.35. The third-order valence-corrected chi connectivity index (χ3v) is 4.14. The summed E-state index contributed by atoms with van der Waals surface area (Å²) in [5, 5.41) is 0. The molecule has 25 heavy (non-hydrogen) atoms. The average molecular weight is 348 g/mol. The van der Waals surface area contributed by atoms with Crippen LogP contribution in [0.5, 0.6) is 11.5 Å². The minimum atomic E-state index is -1.20. The average Bonchev–Trinajstić information content (AvgIpc) is 2.60. The van der Waals surface area contributed by atoms with Gasteiger partial charge in [0.2, 0.25) is 0 Å². The molecule has 2 atom stereocenters. The van der Waals surface area contributed by atoms with E-state index >= 15 is 0 Å². The summed E-state index contributed by atoms with van der Waals surface area (Å²) in [4.78, 5) is 36.8. The fraction of sp³-hybridized carbons (Fsp3) is 0.389. The zero-order valence-corrected chi connectivity index (χ0v) is 14.7. The lowest BCUT2D eigenvalue weighted by atomic mass is 9.76. The number of ketones is 1. The molecule has 0 saturated carbocycles. The summed E-state index contributed by atoms with van der Waals surface area (Å²) in [7, 11) is 3.91. The quantitative estimate of drug-likeness (QED) is 0.594. The van der Waals surface area contributed by atoms with Gasteiger partial charge in [0.15, 0.2) is 0 Å². The zero-order valence-electron chi connectivity index (χ0n) is 14.7. The number of allylic oxidation sites excluding steroid dienone is 1. The number of hydrogen-bond donors (Lipinski definition) is 0. The van der Waals surface area contributed by atoms with Crippen molar-refractivity contribution >= 4 is 17.7 Å². The molecule has 134 valence electrons. The van der Waals surface area contributed by atoms with Crippen LogP contribution in [0.2, 0.25) is 0 Å². The summed E-state index contributed by atoms with van der Waals surface area (Å²) in [5.41, 5.74) is 0.588. The Balaban J connectivity index is 2.74. The van der Waals surface area contributed by atoms with Crippen molar-refractivity contribution in [3.8, 4) is 11.5 Å². The van der Waals surface area contributed by atoms with Crippen LogP contribution in [0, 0.1) is 5.92 Å². The van der Waals surface area contributed by atoms with Gasteiger partial charge >= 0.3 is 11.9 Å². The first-order valence-electron chi connectivity index (χ1n) is 7.58. The highest BCUT2D eigenvalue weighted by Gasteiger charge is 2.44. The van der Waals surface area contributed by atoms with Gasteiger partial charge in [0, 0.05) is 11.5 Å². The van der Waals surface area contributed by atoms with E-state index < -0.39 is 29.6 Å². The summed E-state index contributed by atoms with van der Waals surface area (Å²) in [6.07, 6.45) is 0. The van der Waals surface area contributed by atoms with Crippen LogP contribution in [0.4, 0.5) is 0 Å². The van der Waals surface area contributed by atoms with Gasteiger partial charge in [-0.15, -0.1) is 0 Å². The van der Waals surface area contributed by atoms with Crippen molar-refractivity contribution in [1.82, 2.24) is 0 Å². The van der Waals surface area contributed by atoms with Crippen LogP contribution < -0.4 is 9.47 Å². The Morgan fingerprint density at radius 2 is 1.80 bits per heavy atom. The van der Waals surface area contributed by atoms with Gasteiger partial charge in [0.1, 0.15) is 29.0 Å². The number of carbonyl (C=O) groups is 3. The van der Waals surface area contributed by atoms with Crippen LogP contribution in [0.15, 0.2) is 29.5 Å². The third kappa shape index (κ3) is 3.35. The summed E-state index contributed by atoms with van der Waals surface area (Å²) >= 11 is 0. The molecule has 0 aromatic heterocycles. The Labute approximate surface area is 145 Å². The van der Waals surface area contributed by atoms with E-state index in [-0.39, 0.29) is 11.3 Å². The number of Topliss-reactive ketones (excluding diaryl/α,β-unsaturated/α-hetero) is 1. The van der Waals surface area contributed by atoms with E-state index in [0.717, 1.165) is 0 Å². The molecule has 2 rings (SSSR count). The number of rotatable bonds is 5. The molecule has 1 aliphatic heterocycles. The molecule has 1 aliphatic rings. The van der Waals surface area contributed by atoms with Gasteiger partial charge in [-0.25, -0.2) is 4.79 Å². The summed E-state index contributed by atoms with van der Waals surface area (Å²) in [6.45, 7) is 2.86. The maximum Gasteiger partial charge on any atom is 0.337 e. The zero-order chi connectivity index (χ0) is 18.7. The first-order valence-corrected chi connectivity index (χ1v) is 7.58. The van der Waals surface area contributed by atoms with Crippen molar-refractivity contribution in [2.24, 2.45) is 5.92 Å². The molecule has 0 N–H and O–H groups in total. The largest absolute Gasteiger partial charge is 0.497 e. The molecule has 1 aromatic carbocycles. The second-order valence-electron chi connectivity index (χ2n) is 5.56. The SMILES string of the molecule is COC(=O)C1=C(C)Oc2ccc(OC)cc2[C@H]1[C@@H](C(C)=O)C(=O)OC. The van der Waals surface area contributed by atoms with Crippen molar-refractivity contribution < 1.29 is 33.3 Å². The Morgan fingerprint density at radius 1 is 1.12 bits per heavy atom. The van der Waals surface area contributed by atoms with Gasteiger partial charge in [0.05, 0.1) is 26.9 Å². The lowest BCUT2D eigenvalue weighted by molar-refractivity contribution is -0.149. The maximum atomic E-state index is 12.3. The minimum Gasteiger partial charge on any atom is -0.497 e. The highest BCUT2D eigenvalue weighted by molar-refractivity contribution is 6.02. The molecule has 0 bridgehead atoms. The molecule has 1 aromatic rings. The topological polar surface area (TPSA) is 88.1 Å². The molecule has 1 heterocycles. The molecule has 0 aliphatic carbocycles. The standard InChI is InChI=1S/C18H20O7/c1-9(19)14(17(20)23-4)16-12-8-11(22-3)6-7-13(12)25-10(2)15(16)18(21)24-5/h6-8,14,16H,1-5H3/t14-,16+/m1/s1. The fourth-order valence-electron chi connectivity index (χ4n) is 2.97. The molecule has 0 spiro atoms. The van der Waals surface area contributed by atoms with Crippen LogP contribution in [0.1, 0.15) is 25.3 Å². The smallest absolute Gasteiger partial charge is 0.337 e. The van der Waals surface area contributed by atoms with E-state index in [1.54, 1.807) is 25.1 Å². The Kier molecular flexibility index (Phi) is 5.46. The van der Waals surface area contributed by atoms with Crippen molar-refractivity contribution in [2.75, 3.05) is 21.3 Å². The van der Waals surface area contributed by atoms with Gasteiger partial charge < -0.3 is 18.9 Å². The van der Waals surface area contributed by atoms with Crippen molar-refractivity contribution in [2.45, 2.75) is 19.8 Å². The number of fused-ring (bicyclic) bond motifs is 1. The Hall–Kier alpha value is -2.83. The van der Waals surface area contributed by atoms with Gasteiger partial charge in [0.25, 0.3) is 0 Å². The van der Waals surface area contributed by atoms with Crippen LogP contribution in [-0.4, -0.2) is 39.1 Å². The van der Waals surface area contributed by atoms with E-state index in [9.17, 15) is 14.4 Å². The lowest BCUT2D eigenvalue weighted by Gasteiger charge is -2.31. The first kappa shape index (κ1) is 18.5. The van der Waals surface area contributed by atoms with Crippen molar-refractivity contribution in [1.29, 1.82) is 0 Å². The molecular weight excluding hydrogens is 328 g/mol. The first-order chi connectivity index (χ1) is 11.8. The Morgan fingerprint density at radius 3 is 2.32 bits per heavy atom. The number of carbonyl (C=O) groups excluding carboxylic acids is 3. The number of methoxy groups -OCH3 is 3. The summed E-state index contributed by atoms with van der Waals surface area (Å²) < 4.78 is 20.5. The molecule has 0 fully saturated rings. The predicted octanol–water partition coefficient (Wildman–Crippen LogP) is 2.00. The third-order valence-electron chi connectivity index (χ3n) is 4.14. The Bertz CT molecular complexity index is 748. The van der Waals surface area contributed by atoms with E-state index in [1.165, 1.54) is 28.3 Å². The fourth-order valence-corrected chi connectivity index (χ4v) is 2.97. The van der Waals surface area contributed by atoms with Crippen LogP contribution >= 0.6 is 0 Å². The van der Waals surface area contributed by atoms with Gasteiger partial charge in [-0.3, -0.25) is 9.59 Å². The van der Waals surface area contributed by atoms with Gasteiger partial charge in [-0.2, -0.15) is 0 Å². The minimum absolute atomic E-state index is 0.105. The van der Waals surface area contributed by atoms with Crippen LogP contribution in [0.3, 0.4) is 0 Å². The molecule has 0 saturated heterocycles. The number of benzene rings is 1. The van der Waals surface area contributed by atoms with Crippen molar-refractivity contribution in [3.63, 3.8) is 0 Å². The predicted molar refractivity (Wildman–Crippen MR) is 87.3 cm³/mol. The van der Waals surface area contributed by atoms with E-state index in [1.807, 2.05) is 0 Å². The second kappa shape index (κ2) is 7.38. The summed E-state index contributed by atoms with van der Waals surface area (Å²) in [5.74, 6) is -2.73. The van der Waals surface area contributed by atoms with E-state index in [0.29, 0.717) is 17.1 Å². The molecule has 0 radical (unpaired) electrons. The number of esters is 2. The highest BCUT2D eigenvalue weighted by atomic mass is 16.5. The molecule has 0 unspecified atom stereocenters. The van der Waals surface area contributed by atoms with Crippen LogP contribution in [-0.2, 0) is 23.9 Å². The molecule has 7 heteroatoms. The molecular formula is C18H20O7. The van der Waals surface area contributed by atoms with Crippen molar-refractivity contribution in [3.05, 3.63) is 35.1 Å². The monoisotopic (exact) mass is 348 g/mol. The van der Waals surface area contributed by atoms with E-state index in [4.69, 9.17) is 18.9 Å². The van der Waals surface area contributed by atoms with Gasteiger partial charge in [-0.05, 0) is 32.0 Å². The van der Waals surface area contributed by atoms with Crippen LogP contribution in [0.25, 0.3) is 0 Å². The number of hydrogen-bond acceptors (Lipinski definition) is 7. The van der Waals surface area contributed by atoms with Gasteiger partial charge in [-0.1, -0.05) is 0 Å².